The predicted octanol–water partition coefficient (Wildman–Crippen LogP) is 3.50. The summed E-state index contributed by atoms with van der Waals surface area (Å²) < 4.78 is 5.92. The molecule has 2 aromatic rings. The topological polar surface area (TPSA) is 75.6 Å². The van der Waals surface area contributed by atoms with Crippen molar-refractivity contribution in [2.24, 2.45) is 0 Å². The van der Waals surface area contributed by atoms with Gasteiger partial charge < -0.3 is 15.2 Å². The van der Waals surface area contributed by atoms with Crippen LogP contribution in [0, 0.1) is 6.92 Å². The second-order valence-electron chi connectivity index (χ2n) is 5.39. The monoisotopic (exact) mass is 391 g/mol. The van der Waals surface area contributed by atoms with Crippen LogP contribution in [0.25, 0.3) is 0 Å². The number of carbonyl (C=O) groups excluding carboxylic acids is 2. The van der Waals surface area contributed by atoms with Crippen molar-refractivity contribution in [3.05, 3.63) is 63.6 Å². The van der Waals surface area contributed by atoms with Gasteiger partial charge >= 0.3 is 5.97 Å². The van der Waals surface area contributed by atoms with Crippen molar-refractivity contribution in [1.82, 2.24) is 5.32 Å². The first-order valence-corrected chi connectivity index (χ1v) is 8.18. The van der Waals surface area contributed by atoms with Gasteiger partial charge in [0.2, 0.25) is 0 Å². The van der Waals surface area contributed by atoms with Gasteiger partial charge in [0.05, 0.1) is 6.04 Å². The Hall–Kier alpha value is -2.34. The molecule has 0 bridgehead atoms. The molecule has 0 aliphatic rings. The standard InChI is InChI=1S/C18H18BrNO4/c1-11-4-3-5-15(17(11)22)18(23)24-10-16(21)20-12(2)13-6-8-14(19)9-7-13/h3-9,12,22H,10H2,1-2H3,(H,20,21). The van der Waals surface area contributed by atoms with Crippen LogP contribution in [0.5, 0.6) is 5.75 Å². The summed E-state index contributed by atoms with van der Waals surface area (Å²) in [5, 5.41) is 12.6. The van der Waals surface area contributed by atoms with Gasteiger partial charge in [0.25, 0.3) is 5.91 Å². The van der Waals surface area contributed by atoms with Crippen molar-refractivity contribution in [1.29, 1.82) is 0 Å². The highest BCUT2D eigenvalue weighted by atomic mass is 79.9. The van der Waals surface area contributed by atoms with Crippen LogP contribution in [0.15, 0.2) is 46.9 Å². The number of para-hydroxylation sites is 1. The average Bonchev–Trinajstić information content (AvgIpc) is 2.55. The lowest BCUT2D eigenvalue weighted by molar-refractivity contribution is -0.124. The van der Waals surface area contributed by atoms with Crippen molar-refractivity contribution in [2.45, 2.75) is 19.9 Å². The second-order valence-corrected chi connectivity index (χ2v) is 6.30. The summed E-state index contributed by atoms with van der Waals surface area (Å²) >= 11 is 3.35. The molecule has 0 aromatic heterocycles. The quantitative estimate of drug-likeness (QED) is 0.764. The number of hydrogen-bond acceptors (Lipinski definition) is 4. The van der Waals surface area contributed by atoms with Gasteiger partial charge in [-0.3, -0.25) is 4.79 Å². The number of aromatic hydroxyl groups is 1. The fourth-order valence-corrected chi connectivity index (χ4v) is 2.41. The molecule has 2 aromatic carbocycles. The normalized spacial score (nSPS) is 11.6. The van der Waals surface area contributed by atoms with E-state index in [-0.39, 0.29) is 17.4 Å². The van der Waals surface area contributed by atoms with E-state index in [2.05, 4.69) is 21.2 Å². The van der Waals surface area contributed by atoms with Gasteiger partial charge in [-0.05, 0) is 43.2 Å². The summed E-state index contributed by atoms with van der Waals surface area (Å²) in [7, 11) is 0. The molecule has 1 atom stereocenters. The second kappa shape index (κ2) is 7.97. The van der Waals surface area contributed by atoms with Crippen LogP contribution >= 0.6 is 15.9 Å². The van der Waals surface area contributed by atoms with Crippen LogP contribution in [-0.4, -0.2) is 23.6 Å². The minimum atomic E-state index is -0.734. The lowest BCUT2D eigenvalue weighted by atomic mass is 10.1. The van der Waals surface area contributed by atoms with Crippen LogP contribution in [0.3, 0.4) is 0 Å². The van der Waals surface area contributed by atoms with Crippen molar-refractivity contribution in [3.8, 4) is 5.75 Å². The lowest BCUT2D eigenvalue weighted by Crippen LogP contribution is -2.31. The Morgan fingerprint density at radius 3 is 2.54 bits per heavy atom. The third-order valence-corrected chi connectivity index (χ3v) is 4.07. The first kappa shape index (κ1) is 18.0. The van der Waals surface area contributed by atoms with Crippen molar-refractivity contribution in [2.75, 3.05) is 6.61 Å². The molecule has 0 fully saturated rings. The maximum atomic E-state index is 11.9. The van der Waals surface area contributed by atoms with E-state index in [0.29, 0.717) is 5.56 Å². The van der Waals surface area contributed by atoms with E-state index in [1.807, 2.05) is 31.2 Å². The number of hydrogen-bond donors (Lipinski definition) is 2. The number of halogens is 1. The molecule has 6 heteroatoms. The number of nitrogens with one attached hydrogen (secondary N) is 1. The number of aryl methyl sites for hydroxylation is 1. The molecule has 0 spiro atoms. The number of amides is 1. The Kier molecular flexibility index (Phi) is 5.98. The predicted molar refractivity (Wildman–Crippen MR) is 93.8 cm³/mol. The highest BCUT2D eigenvalue weighted by Crippen LogP contribution is 2.22. The van der Waals surface area contributed by atoms with E-state index in [1.54, 1.807) is 19.1 Å². The maximum absolute atomic E-state index is 11.9. The van der Waals surface area contributed by atoms with Crippen molar-refractivity contribution in [3.63, 3.8) is 0 Å². The minimum Gasteiger partial charge on any atom is -0.507 e. The van der Waals surface area contributed by atoms with Gasteiger partial charge in [-0.15, -0.1) is 0 Å². The van der Waals surface area contributed by atoms with E-state index >= 15 is 0 Å². The molecule has 1 amide bonds. The van der Waals surface area contributed by atoms with Crippen LogP contribution < -0.4 is 5.32 Å². The number of benzene rings is 2. The Morgan fingerprint density at radius 2 is 1.88 bits per heavy atom. The molecule has 0 saturated carbocycles. The zero-order chi connectivity index (χ0) is 17.7. The van der Waals surface area contributed by atoms with Gasteiger partial charge in [0.1, 0.15) is 11.3 Å². The lowest BCUT2D eigenvalue weighted by Gasteiger charge is -2.14. The zero-order valence-electron chi connectivity index (χ0n) is 13.4. The largest absolute Gasteiger partial charge is 0.507 e. The zero-order valence-corrected chi connectivity index (χ0v) is 15.0. The maximum Gasteiger partial charge on any atom is 0.342 e. The molecule has 5 nitrogen and oxygen atoms in total. The summed E-state index contributed by atoms with van der Waals surface area (Å²) in [6.07, 6.45) is 0. The molecule has 1 unspecified atom stereocenters. The van der Waals surface area contributed by atoms with Crippen LogP contribution in [0.1, 0.15) is 34.5 Å². The number of carbonyl (C=O) groups is 2. The number of ether oxygens (including phenoxy) is 1. The van der Waals surface area contributed by atoms with Gasteiger partial charge in [-0.25, -0.2) is 4.79 Å². The molecule has 0 aliphatic carbocycles. The average molecular weight is 392 g/mol. The third kappa shape index (κ3) is 4.58. The SMILES string of the molecule is Cc1cccc(C(=O)OCC(=O)NC(C)c2ccc(Br)cc2)c1O. The summed E-state index contributed by atoms with van der Waals surface area (Å²) in [6, 6.07) is 12.1. The smallest absolute Gasteiger partial charge is 0.342 e. The molecule has 24 heavy (non-hydrogen) atoms. The van der Waals surface area contributed by atoms with Crippen molar-refractivity contribution >= 4 is 27.8 Å². The third-order valence-electron chi connectivity index (χ3n) is 3.54. The summed E-state index contributed by atoms with van der Waals surface area (Å²) in [4.78, 5) is 23.9. The molecular formula is C18H18BrNO4. The number of phenolic OH excluding ortho intramolecular Hbond substituents is 1. The van der Waals surface area contributed by atoms with Crippen molar-refractivity contribution < 1.29 is 19.4 Å². The van der Waals surface area contributed by atoms with Crippen LogP contribution in [0.2, 0.25) is 0 Å². The molecule has 0 heterocycles. The van der Waals surface area contributed by atoms with Gasteiger partial charge in [0.15, 0.2) is 6.61 Å². The Bertz CT molecular complexity index is 743. The van der Waals surface area contributed by atoms with Crippen LogP contribution in [0.4, 0.5) is 0 Å². The highest BCUT2D eigenvalue weighted by Gasteiger charge is 2.16. The molecular weight excluding hydrogens is 374 g/mol. The van der Waals surface area contributed by atoms with Gasteiger partial charge in [-0.1, -0.05) is 40.2 Å². The summed E-state index contributed by atoms with van der Waals surface area (Å²) in [5.74, 6) is -1.28. The number of esters is 1. The Labute approximate surface area is 148 Å². The first-order valence-electron chi connectivity index (χ1n) is 7.39. The fraction of sp³-hybridized carbons (Fsp3) is 0.222. The molecule has 2 N–H and O–H groups in total. The molecule has 0 saturated heterocycles. The van der Waals surface area contributed by atoms with E-state index in [0.717, 1.165) is 10.0 Å². The number of rotatable bonds is 5. The Balaban J connectivity index is 1.89. The van der Waals surface area contributed by atoms with E-state index < -0.39 is 18.5 Å². The minimum absolute atomic E-state index is 0.0451. The van der Waals surface area contributed by atoms with E-state index in [4.69, 9.17) is 4.74 Å². The van der Waals surface area contributed by atoms with E-state index in [1.165, 1.54) is 6.07 Å². The molecule has 126 valence electrons. The highest BCUT2D eigenvalue weighted by molar-refractivity contribution is 9.10. The van der Waals surface area contributed by atoms with E-state index in [9.17, 15) is 14.7 Å². The fourth-order valence-electron chi connectivity index (χ4n) is 2.15. The summed E-state index contributed by atoms with van der Waals surface area (Å²) in [6.45, 7) is 3.11. The van der Waals surface area contributed by atoms with Gasteiger partial charge in [-0.2, -0.15) is 0 Å². The number of phenols is 1. The van der Waals surface area contributed by atoms with Crippen LogP contribution in [-0.2, 0) is 9.53 Å². The van der Waals surface area contributed by atoms with Gasteiger partial charge in [0, 0.05) is 4.47 Å². The molecule has 0 aliphatic heterocycles. The Morgan fingerprint density at radius 1 is 1.21 bits per heavy atom. The molecule has 2 rings (SSSR count). The first-order chi connectivity index (χ1) is 11.4. The summed E-state index contributed by atoms with van der Waals surface area (Å²) in [5.41, 5.74) is 1.55. The molecule has 0 radical (unpaired) electrons.